The first kappa shape index (κ1) is 14.5. The number of nitrogens with one attached hydrogen (secondary N) is 1. The van der Waals surface area contributed by atoms with Gasteiger partial charge in [0.1, 0.15) is 5.15 Å². The van der Waals surface area contributed by atoms with Crippen LogP contribution < -0.4 is 5.32 Å². The van der Waals surface area contributed by atoms with Crippen LogP contribution in [0.5, 0.6) is 0 Å². The Kier molecular flexibility index (Phi) is 4.69. The van der Waals surface area contributed by atoms with Crippen molar-refractivity contribution in [3.05, 3.63) is 52.6 Å². The fourth-order valence-corrected chi connectivity index (χ4v) is 2.10. The van der Waals surface area contributed by atoms with Crippen molar-refractivity contribution in [3.63, 3.8) is 0 Å². The minimum absolute atomic E-state index is 0.194. The van der Waals surface area contributed by atoms with Crippen LogP contribution in [0.2, 0.25) is 5.15 Å². The van der Waals surface area contributed by atoms with E-state index in [-0.39, 0.29) is 5.91 Å². The molecule has 0 bridgehead atoms. The summed E-state index contributed by atoms with van der Waals surface area (Å²) in [7, 11) is 0. The predicted octanol–water partition coefficient (Wildman–Crippen LogP) is 3.64. The third-order valence-corrected chi connectivity index (χ3v) is 3.08. The summed E-state index contributed by atoms with van der Waals surface area (Å²) in [6.07, 6.45) is 5.11. The van der Waals surface area contributed by atoms with Crippen molar-refractivity contribution in [2.75, 3.05) is 5.32 Å². The van der Waals surface area contributed by atoms with Gasteiger partial charge in [-0.2, -0.15) is 0 Å². The van der Waals surface area contributed by atoms with Gasteiger partial charge >= 0.3 is 0 Å². The number of hydrogen-bond acceptors (Lipinski definition) is 3. The third-order valence-electron chi connectivity index (χ3n) is 2.88. The largest absolute Gasteiger partial charge is 0.322 e. The number of carbonyl (C=O) groups excluding carboxylic acids is 1. The Balaban J connectivity index is 2.23. The van der Waals surface area contributed by atoms with E-state index >= 15 is 0 Å². The molecule has 2 aromatic heterocycles. The Bertz CT molecular complexity index is 628. The van der Waals surface area contributed by atoms with Gasteiger partial charge in [0, 0.05) is 29.3 Å². The Morgan fingerprint density at radius 1 is 1.40 bits per heavy atom. The standard InChI is InChI=1S/C15H16ClN3O/c1-3-4-12-7-11(8-14(16)18-12)15(20)19-13-5-6-17-9-10(13)2/h5-9H,3-4H2,1-2H3,(H,17,19,20). The van der Waals surface area contributed by atoms with E-state index < -0.39 is 0 Å². The van der Waals surface area contributed by atoms with Crippen LogP contribution in [0.4, 0.5) is 5.69 Å². The maximum atomic E-state index is 12.3. The maximum Gasteiger partial charge on any atom is 0.255 e. The first-order valence-electron chi connectivity index (χ1n) is 6.48. The Labute approximate surface area is 123 Å². The van der Waals surface area contributed by atoms with Crippen LogP contribution in [0.25, 0.3) is 0 Å². The highest BCUT2D eigenvalue weighted by molar-refractivity contribution is 6.29. The number of amides is 1. The number of pyridine rings is 2. The highest BCUT2D eigenvalue weighted by Crippen LogP contribution is 2.16. The third kappa shape index (κ3) is 3.54. The van der Waals surface area contributed by atoms with Gasteiger partial charge in [-0.1, -0.05) is 24.9 Å². The smallest absolute Gasteiger partial charge is 0.255 e. The molecule has 0 aromatic carbocycles. The second-order valence-corrected chi connectivity index (χ2v) is 4.95. The topological polar surface area (TPSA) is 54.9 Å². The summed E-state index contributed by atoms with van der Waals surface area (Å²) >= 11 is 5.96. The van der Waals surface area contributed by atoms with Crippen LogP contribution in [0, 0.1) is 6.92 Å². The predicted molar refractivity (Wildman–Crippen MR) is 80.2 cm³/mol. The molecule has 4 nitrogen and oxygen atoms in total. The van der Waals surface area contributed by atoms with Gasteiger partial charge in [0.25, 0.3) is 5.91 Å². The molecule has 1 N–H and O–H groups in total. The van der Waals surface area contributed by atoms with Gasteiger partial charge in [-0.3, -0.25) is 9.78 Å². The monoisotopic (exact) mass is 289 g/mol. The molecular formula is C15H16ClN3O. The average Bonchev–Trinajstić information content (AvgIpc) is 2.41. The molecule has 5 heteroatoms. The fraction of sp³-hybridized carbons (Fsp3) is 0.267. The normalized spacial score (nSPS) is 10.3. The van der Waals surface area contributed by atoms with Crippen LogP contribution in [0.3, 0.4) is 0 Å². The van der Waals surface area contributed by atoms with Crippen molar-refractivity contribution in [2.45, 2.75) is 26.7 Å². The Morgan fingerprint density at radius 3 is 2.90 bits per heavy atom. The molecule has 0 saturated heterocycles. The summed E-state index contributed by atoms with van der Waals surface area (Å²) in [4.78, 5) is 20.5. The lowest BCUT2D eigenvalue weighted by Crippen LogP contribution is -2.13. The molecule has 2 rings (SSSR count). The summed E-state index contributed by atoms with van der Waals surface area (Å²) < 4.78 is 0. The molecule has 0 fully saturated rings. The fourth-order valence-electron chi connectivity index (χ4n) is 1.87. The van der Waals surface area contributed by atoms with Gasteiger partial charge in [-0.25, -0.2) is 4.98 Å². The van der Waals surface area contributed by atoms with Crippen molar-refractivity contribution >= 4 is 23.2 Å². The number of rotatable bonds is 4. The van der Waals surface area contributed by atoms with E-state index in [1.807, 2.05) is 6.92 Å². The maximum absolute atomic E-state index is 12.3. The zero-order chi connectivity index (χ0) is 14.5. The highest BCUT2D eigenvalue weighted by atomic mass is 35.5. The summed E-state index contributed by atoms with van der Waals surface area (Å²) in [6.45, 7) is 3.95. The van der Waals surface area contributed by atoms with Gasteiger partial charge in [0.15, 0.2) is 0 Å². The highest BCUT2D eigenvalue weighted by Gasteiger charge is 2.10. The molecule has 20 heavy (non-hydrogen) atoms. The summed E-state index contributed by atoms with van der Waals surface area (Å²) in [5.41, 5.74) is 3.01. The van der Waals surface area contributed by atoms with Gasteiger partial charge in [-0.05, 0) is 37.1 Å². The van der Waals surface area contributed by atoms with Crippen LogP contribution in [0.15, 0.2) is 30.6 Å². The van der Waals surface area contributed by atoms with Crippen LogP contribution in [-0.2, 0) is 6.42 Å². The lowest BCUT2D eigenvalue weighted by Gasteiger charge is -2.09. The minimum Gasteiger partial charge on any atom is -0.322 e. The van der Waals surface area contributed by atoms with E-state index in [0.717, 1.165) is 29.8 Å². The van der Waals surface area contributed by atoms with E-state index in [0.29, 0.717) is 10.7 Å². The first-order chi connectivity index (χ1) is 9.60. The molecule has 104 valence electrons. The van der Waals surface area contributed by atoms with E-state index in [9.17, 15) is 4.79 Å². The lowest BCUT2D eigenvalue weighted by atomic mass is 10.1. The first-order valence-corrected chi connectivity index (χ1v) is 6.86. The second-order valence-electron chi connectivity index (χ2n) is 4.56. The number of aryl methyl sites for hydroxylation is 2. The number of hydrogen-bond donors (Lipinski definition) is 1. The zero-order valence-electron chi connectivity index (χ0n) is 11.5. The van der Waals surface area contributed by atoms with Gasteiger partial charge in [0.05, 0.1) is 0 Å². The molecule has 0 unspecified atom stereocenters. The molecule has 0 aliphatic rings. The number of nitrogens with zero attached hydrogens (tertiary/aromatic N) is 2. The van der Waals surface area contributed by atoms with E-state index in [4.69, 9.17) is 11.6 Å². The van der Waals surface area contributed by atoms with E-state index in [2.05, 4.69) is 22.2 Å². The zero-order valence-corrected chi connectivity index (χ0v) is 12.2. The molecule has 1 amide bonds. The van der Waals surface area contributed by atoms with Gasteiger partial charge in [0.2, 0.25) is 0 Å². The molecular weight excluding hydrogens is 274 g/mol. The summed E-state index contributed by atoms with van der Waals surface area (Å²) in [5.74, 6) is -0.194. The number of aromatic nitrogens is 2. The van der Waals surface area contributed by atoms with E-state index in [1.54, 1.807) is 30.6 Å². The van der Waals surface area contributed by atoms with Gasteiger partial charge in [-0.15, -0.1) is 0 Å². The van der Waals surface area contributed by atoms with Crippen LogP contribution >= 0.6 is 11.6 Å². The molecule has 0 aliphatic carbocycles. The minimum atomic E-state index is -0.194. The Morgan fingerprint density at radius 2 is 2.20 bits per heavy atom. The quantitative estimate of drug-likeness (QED) is 0.874. The molecule has 0 aliphatic heterocycles. The van der Waals surface area contributed by atoms with Crippen molar-refractivity contribution < 1.29 is 4.79 Å². The molecule has 0 saturated carbocycles. The molecule has 2 heterocycles. The number of halogens is 1. The summed E-state index contributed by atoms with van der Waals surface area (Å²) in [6, 6.07) is 5.12. The molecule has 0 radical (unpaired) electrons. The number of carbonyl (C=O) groups is 1. The molecule has 0 spiro atoms. The van der Waals surface area contributed by atoms with E-state index in [1.165, 1.54) is 0 Å². The summed E-state index contributed by atoms with van der Waals surface area (Å²) in [5, 5.41) is 3.20. The lowest BCUT2D eigenvalue weighted by molar-refractivity contribution is 0.102. The van der Waals surface area contributed by atoms with Crippen molar-refractivity contribution in [1.29, 1.82) is 0 Å². The molecule has 2 aromatic rings. The van der Waals surface area contributed by atoms with Crippen molar-refractivity contribution in [3.8, 4) is 0 Å². The van der Waals surface area contributed by atoms with Crippen LogP contribution in [0.1, 0.15) is 35.0 Å². The Hall–Kier alpha value is -1.94. The van der Waals surface area contributed by atoms with Crippen molar-refractivity contribution in [1.82, 2.24) is 9.97 Å². The second kappa shape index (κ2) is 6.48. The average molecular weight is 290 g/mol. The van der Waals surface area contributed by atoms with Gasteiger partial charge < -0.3 is 5.32 Å². The SMILES string of the molecule is CCCc1cc(C(=O)Nc2ccncc2C)cc(Cl)n1. The number of anilines is 1. The van der Waals surface area contributed by atoms with Crippen molar-refractivity contribution in [2.24, 2.45) is 0 Å². The molecule has 0 atom stereocenters. The van der Waals surface area contributed by atoms with Crippen LogP contribution in [-0.4, -0.2) is 15.9 Å².